The van der Waals surface area contributed by atoms with Crippen LogP contribution in [-0.2, 0) is 6.54 Å². The van der Waals surface area contributed by atoms with E-state index >= 15 is 0 Å². The third kappa shape index (κ3) is 4.61. The number of thioether (sulfide) groups is 1. The van der Waals surface area contributed by atoms with Gasteiger partial charge in [0.2, 0.25) is 0 Å². The number of hydrogen-bond acceptors (Lipinski definition) is 3. The molecule has 0 bridgehead atoms. The van der Waals surface area contributed by atoms with Gasteiger partial charge in [0.25, 0.3) is 5.91 Å². The monoisotopic (exact) mass is 314 g/mol. The molecule has 116 valence electrons. The average Bonchev–Trinajstić information content (AvgIpc) is 2.59. The van der Waals surface area contributed by atoms with Crippen LogP contribution < -0.4 is 5.73 Å². The summed E-state index contributed by atoms with van der Waals surface area (Å²) in [6.07, 6.45) is 2.83. The Balaban J connectivity index is 2.14. The second kappa shape index (κ2) is 8.61. The molecule has 0 fully saturated rings. The van der Waals surface area contributed by atoms with Crippen molar-refractivity contribution in [1.29, 1.82) is 0 Å². The number of nitrogens with two attached hydrogens (primary N) is 1. The van der Waals surface area contributed by atoms with Gasteiger partial charge in [-0.3, -0.25) is 4.79 Å². The first-order valence-electron chi connectivity index (χ1n) is 7.42. The van der Waals surface area contributed by atoms with Gasteiger partial charge < -0.3 is 10.6 Å². The molecule has 1 amide bonds. The Morgan fingerprint density at radius 2 is 1.77 bits per heavy atom. The Hall–Kier alpha value is -1.78. The van der Waals surface area contributed by atoms with Crippen LogP contribution in [0.4, 0.5) is 0 Å². The van der Waals surface area contributed by atoms with Gasteiger partial charge in [-0.05, 0) is 49.1 Å². The second-order valence-corrected chi connectivity index (χ2v) is 5.96. The van der Waals surface area contributed by atoms with Crippen molar-refractivity contribution in [3.63, 3.8) is 0 Å². The third-order valence-corrected chi connectivity index (χ3v) is 4.22. The van der Waals surface area contributed by atoms with Crippen molar-refractivity contribution in [2.75, 3.05) is 19.3 Å². The summed E-state index contributed by atoms with van der Waals surface area (Å²) in [7, 11) is 0. The molecule has 0 aromatic heterocycles. The summed E-state index contributed by atoms with van der Waals surface area (Å²) < 4.78 is 0. The van der Waals surface area contributed by atoms with E-state index in [0.29, 0.717) is 19.6 Å². The number of hydrogen-bond donors (Lipinski definition) is 1. The normalized spacial score (nSPS) is 10.5. The molecule has 0 radical (unpaired) electrons. The van der Waals surface area contributed by atoms with Gasteiger partial charge in [0.1, 0.15) is 0 Å². The van der Waals surface area contributed by atoms with Crippen LogP contribution in [-0.4, -0.2) is 30.2 Å². The highest BCUT2D eigenvalue weighted by atomic mass is 32.2. The lowest BCUT2D eigenvalue weighted by Gasteiger charge is -2.23. The fourth-order valence-corrected chi connectivity index (χ4v) is 2.66. The molecular weight excluding hydrogens is 292 g/mol. The highest BCUT2D eigenvalue weighted by Crippen LogP contribution is 2.17. The van der Waals surface area contributed by atoms with Gasteiger partial charge in [-0.1, -0.05) is 30.3 Å². The van der Waals surface area contributed by atoms with Crippen LogP contribution in [0.3, 0.4) is 0 Å². The summed E-state index contributed by atoms with van der Waals surface area (Å²) in [5.41, 5.74) is 7.47. The molecule has 0 aliphatic heterocycles. The highest BCUT2D eigenvalue weighted by molar-refractivity contribution is 7.98. The molecule has 2 aromatic rings. The largest absolute Gasteiger partial charge is 0.334 e. The van der Waals surface area contributed by atoms with Gasteiger partial charge >= 0.3 is 0 Å². The fraction of sp³-hybridized carbons (Fsp3) is 0.278. The first-order valence-corrected chi connectivity index (χ1v) is 8.64. The van der Waals surface area contributed by atoms with Crippen molar-refractivity contribution < 1.29 is 4.79 Å². The molecular formula is C18H22N2OS. The minimum absolute atomic E-state index is 0.0601. The van der Waals surface area contributed by atoms with Crippen molar-refractivity contribution in [2.45, 2.75) is 17.9 Å². The summed E-state index contributed by atoms with van der Waals surface area (Å²) >= 11 is 1.67. The maximum atomic E-state index is 12.7. The van der Waals surface area contributed by atoms with Gasteiger partial charge in [-0.25, -0.2) is 0 Å². The molecule has 2 aromatic carbocycles. The predicted octanol–water partition coefficient (Wildman–Crippen LogP) is 3.40. The van der Waals surface area contributed by atoms with E-state index in [1.165, 1.54) is 0 Å². The summed E-state index contributed by atoms with van der Waals surface area (Å²) in [6, 6.07) is 17.8. The lowest BCUT2D eigenvalue weighted by atomic mass is 10.1. The molecule has 0 saturated carbocycles. The zero-order valence-corrected chi connectivity index (χ0v) is 13.7. The SMILES string of the molecule is CSc1ccc(C(=O)N(CCCN)Cc2ccccc2)cc1. The van der Waals surface area contributed by atoms with Crippen LogP contribution >= 0.6 is 11.8 Å². The molecule has 22 heavy (non-hydrogen) atoms. The number of carbonyl (C=O) groups is 1. The first kappa shape index (κ1) is 16.6. The van der Waals surface area contributed by atoms with Crippen molar-refractivity contribution >= 4 is 17.7 Å². The molecule has 0 atom stereocenters. The Kier molecular flexibility index (Phi) is 6.49. The number of nitrogens with zero attached hydrogens (tertiary/aromatic N) is 1. The van der Waals surface area contributed by atoms with E-state index in [2.05, 4.69) is 0 Å². The Labute approximate surface area is 136 Å². The van der Waals surface area contributed by atoms with E-state index in [1.807, 2.05) is 65.8 Å². The summed E-state index contributed by atoms with van der Waals surface area (Å²) in [4.78, 5) is 15.8. The van der Waals surface area contributed by atoms with Crippen LogP contribution in [0.15, 0.2) is 59.5 Å². The van der Waals surface area contributed by atoms with E-state index in [0.717, 1.165) is 22.4 Å². The summed E-state index contributed by atoms with van der Waals surface area (Å²) in [6.45, 7) is 1.88. The van der Waals surface area contributed by atoms with E-state index in [9.17, 15) is 4.79 Å². The number of carbonyl (C=O) groups excluding carboxylic acids is 1. The smallest absolute Gasteiger partial charge is 0.254 e. The van der Waals surface area contributed by atoms with Crippen LogP contribution in [0.25, 0.3) is 0 Å². The Bertz CT molecular complexity index is 584. The first-order chi connectivity index (χ1) is 10.7. The third-order valence-electron chi connectivity index (χ3n) is 3.47. The van der Waals surface area contributed by atoms with Crippen LogP contribution in [0.2, 0.25) is 0 Å². The molecule has 0 aliphatic rings. The molecule has 4 heteroatoms. The van der Waals surface area contributed by atoms with Gasteiger partial charge in [0.05, 0.1) is 0 Å². The lowest BCUT2D eigenvalue weighted by molar-refractivity contribution is 0.0742. The highest BCUT2D eigenvalue weighted by Gasteiger charge is 2.15. The van der Waals surface area contributed by atoms with Crippen LogP contribution in [0, 0.1) is 0 Å². The van der Waals surface area contributed by atoms with E-state index in [4.69, 9.17) is 5.73 Å². The van der Waals surface area contributed by atoms with E-state index in [1.54, 1.807) is 11.8 Å². The standard InChI is InChI=1S/C18H22N2OS/c1-22-17-10-8-16(9-11-17)18(21)20(13-5-12-19)14-15-6-3-2-4-7-15/h2-4,6-11H,5,12-14,19H2,1H3. The molecule has 2 N–H and O–H groups in total. The second-order valence-electron chi connectivity index (χ2n) is 5.08. The molecule has 0 spiro atoms. The molecule has 0 unspecified atom stereocenters. The van der Waals surface area contributed by atoms with Crippen molar-refractivity contribution in [2.24, 2.45) is 5.73 Å². The van der Waals surface area contributed by atoms with Gasteiger partial charge in [-0.2, -0.15) is 0 Å². The molecule has 0 heterocycles. The van der Waals surface area contributed by atoms with Gasteiger partial charge in [0.15, 0.2) is 0 Å². The number of rotatable bonds is 7. The molecule has 3 nitrogen and oxygen atoms in total. The predicted molar refractivity (Wildman–Crippen MR) is 93.1 cm³/mol. The van der Waals surface area contributed by atoms with Crippen molar-refractivity contribution in [3.8, 4) is 0 Å². The van der Waals surface area contributed by atoms with Gasteiger partial charge in [-0.15, -0.1) is 11.8 Å². The molecule has 0 aliphatic carbocycles. The minimum Gasteiger partial charge on any atom is -0.334 e. The molecule has 0 saturated heterocycles. The number of amides is 1. The topological polar surface area (TPSA) is 46.3 Å². The molecule has 2 rings (SSSR count). The minimum atomic E-state index is 0.0601. The fourth-order valence-electron chi connectivity index (χ4n) is 2.25. The van der Waals surface area contributed by atoms with E-state index < -0.39 is 0 Å². The van der Waals surface area contributed by atoms with Crippen molar-refractivity contribution in [3.05, 3.63) is 65.7 Å². The number of benzene rings is 2. The zero-order chi connectivity index (χ0) is 15.8. The maximum absolute atomic E-state index is 12.7. The van der Waals surface area contributed by atoms with Crippen LogP contribution in [0.5, 0.6) is 0 Å². The van der Waals surface area contributed by atoms with Crippen molar-refractivity contribution in [1.82, 2.24) is 4.90 Å². The summed E-state index contributed by atoms with van der Waals surface area (Å²) in [5.74, 6) is 0.0601. The summed E-state index contributed by atoms with van der Waals surface area (Å²) in [5, 5.41) is 0. The maximum Gasteiger partial charge on any atom is 0.254 e. The van der Waals surface area contributed by atoms with Crippen LogP contribution in [0.1, 0.15) is 22.3 Å². The quantitative estimate of drug-likeness (QED) is 0.797. The Morgan fingerprint density at radius 3 is 2.36 bits per heavy atom. The van der Waals surface area contributed by atoms with E-state index in [-0.39, 0.29) is 5.91 Å². The zero-order valence-electron chi connectivity index (χ0n) is 12.9. The lowest BCUT2D eigenvalue weighted by Crippen LogP contribution is -2.32. The average molecular weight is 314 g/mol. The van der Waals surface area contributed by atoms with Gasteiger partial charge in [0, 0.05) is 23.5 Å². The Morgan fingerprint density at radius 1 is 1.09 bits per heavy atom.